The Morgan fingerprint density at radius 2 is 2.14 bits per heavy atom. The van der Waals surface area contributed by atoms with Crippen LogP contribution >= 0.6 is 0 Å². The average molecular weight is 401 g/mol. The van der Waals surface area contributed by atoms with Crippen LogP contribution in [0, 0.1) is 12.8 Å². The van der Waals surface area contributed by atoms with Gasteiger partial charge < -0.3 is 10.6 Å². The standard InChI is InChI=1S/C18H20FN7O3/c1-10-16(25-29-24-10)18(28)21-8-13-9-26-15(23-13)5-12(7-22-26)6-20-17(27)14(19)4-11-2-3-11/h5,7,9,11,14H,2-4,6,8H2,1H3,(H,20,27)(H,21,28)/t14-/m0/s1. The normalized spacial score (nSPS) is 14.7. The molecule has 1 aliphatic rings. The van der Waals surface area contributed by atoms with Gasteiger partial charge in [0, 0.05) is 6.54 Å². The van der Waals surface area contributed by atoms with E-state index in [0.29, 0.717) is 34.9 Å². The molecule has 0 aliphatic heterocycles. The number of carbonyl (C=O) groups is 2. The molecule has 152 valence electrons. The highest BCUT2D eigenvalue weighted by Gasteiger charge is 2.29. The first kappa shape index (κ1) is 19.0. The first-order chi connectivity index (χ1) is 14.0. The van der Waals surface area contributed by atoms with Crippen molar-refractivity contribution in [2.45, 2.75) is 45.4 Å². The molecule has 1 aliphatic carbocycles. The van der Waals surface area contributed by atoms with Crippen LogP contribution < -0.4 is 10.6 Å². The molecule has 0 bridgehead atoms. The SMILES string of the molecule is Cc1nonc1C(=O)NCc1cn2ncc(CNC(=O)[C@@H](F)CC3CC3)cc2n1. The molecular formula is C18H20FN7O3. The summed E-state index contributed by atoms with van der Waals surface area (Å²) >= 11 is 0. The Morgan fingerprint density at radius 1 is 1.31 bits per heavy atom. The highest BCUT2D eigenvalue weighted by molar-refractivity contribution is 5.92. The summed E-state index contributed by atoms with van der Waals surface area (Å²) < 4.78 is 19.9. The van der Waals surface area contributed by atoms with Gasteiger partial charge >= 0.3 is 0 Å². The molecule has 3 aromatic rings. The summed E-state index contributed by atoms with van der Waals surface area (Å²) in [6.45, 7) is 1.97. The topological polar surface area (TPSA) is 127 Å². The fraction of sp³-hybridized carbons (Fsp3) is 0.444. The van der Waals surface area contributed by atoms with E-state index in [1.807, 2.05) is 0 Å². The van der Waals surface area contributed by atoms with E-state index in [4.69, 9.17) is 0 Å². The Kier molecular flexibility index (Phi) is 5.19. The van der Waals surface area contributed by atoms with Crippen LogP contribution in [-0.2, 0) is 17.9 Å². The Morgan fingerprint density at radius 3 is 2.86 bits per heavy atom. The van der Waals surface area contributed by atoms with Crippen molar-refractivity contribution in [3.05, 3.63) is 41.1 Å². The number of rotatable bonds is 8. The van der Waals surface area contributed by atoms with E-state index < -0.39 is 18.0 Å². The third-order valence-electron chi connectivity index (χ3n) is 4.71. The second-order valence-corrected chi connectivity index (χ2v) is 7.14. The van der Waals surface area contributed by atoms with E-state index in [9.17, 15) is 14.0 Å². The van der Waals surface area contributed by atoms with Crippen LogP contribution in [0.3, 0.4) is 0 Å². The Balaban J connectivity index is 1.34. The molecule has 0 spiro atoms. The third-order valence-corrected chi connectivity index (χ3v) is 4.71. The van der Waals surface area contributed by atoms with Crippen LogP contribution in [-0.4, -0.2) is 42.9 Å². The number of alkyl halides is 1. The number of aromatic nitrogens is 5. The molecule has 3 aromatic heterocycles. The third kappa shape index (κ3) is 4.55. The first-order valence-electron chi connectivity index (χ1n) is 9.32. The minimum absolute atomic E-state index is 0.123. The summed E-state index contributed by atoms with van der Waals surface area (Å²) in [5, 5.41) is 16.6. The molecule has 1 saturated carbocycles. The fourth-order valence-electron chi connectivity index (χ4n) is 2.89. The lowest BCUT2D eigenvalue weighted by Gasteiger charge is -2.08. The average Bonchev–Trinajstić information content (AvgIpc) is 3.26. The van der Waals surface area contributed by atoms with Crippen molar-refractivity contribution in [3.8, 4) is 0 Å². The van der Waals surface area contributed by atoms with Gasteiger partial charge in [-0.25, -0.2) is 18.5 Å². The molecule has 3 heterocycles. The molecule has 0 radical (unpaired) electrons. The smallest absolute Gasteiger partial charge is 0.275 e. The molecule has 2 amide bonds. The number of halogens is 1. The van der Waals surface area contributed by atoms with Crippen LogP contribution in [0.2, 0.25) is 0 Å². The van der Waals surface area contributed by atoms with Gasteiger partial charge in [0.05, 0.1) is 24.6 Å². The minimum atomic E-state index is -1.47. The van der Waals surface area contributed by atoms with Crippen LogP contribution in [0.5, 0.6) is 0 Å². The van der Waals surface area contributed by atoms with Crippen molar-refractivity contribution in [3.63, 3.8) is 0 Å². The second-order valence-electron chi connectivity index (χ2n) is 7.14. The van der Waals surface area contributed by atoms with Gasteiger partial charge in [-0.2, -0.15) is 5.10 Å². The van der Waals surface area contributed by atoms with Crippen LogP contribution in [0.25, 0.3) is 5.65 Å². The molecule has 1 fully saturated rings. The summed E-state index contributed by atoms with van der Waals surface area (Å²) in [5.41, 5.74) is 2.37. The monoisotopic (exact) mass is 401 g/mol. The van der Waals surface area contributed by atoms with Gasteiger partial charge in [0.15, 0.2) is 17.5 Å². The molecule has 4 rings (SSSR count). The first-order valence-corrected chi connectivity index (χ1v) is 9.32. The Hall–Kier alpha value is -3.37. The van der Waals surface area contributed by atoms with Crippen LogP contribution in [0.4, 0.5) is 4.39 Å². The van der Waals surface area contributed by atoms with E-state index in [-0.39, 0.29) is 18.8 Å². The fourth-order valence-corrected chi connectivity index (χ4v) is 2.89. The number of aryl methyl sites for hydroxylation is 1. The number of amides is 2. The second kappa shape index (κ2) is 7.94. The summed E-state index contributed by atoms with van der Waals surface area (Å²) in [6.07, 6.45) is 4.10. The molecule has 11 heteroatoms. The predicted octanol–water partition coefficient (Wildman–Crippen LogP) is 1.11. The highest BCUT2D eigenvalue weighted by Crippen LogP contribution is 2.34. The van der Waals surface area contributed by atoms with E-state index in [1.54, 1.807) is 29.9 Å². The summed E-state index contributed by atoms with van der Waals surface area (Å²) in [5.74, 6) is -0.660. The van der Waals surface area contributed by atoms with Crippen molar-refractivity contribution < 1.29 is 18.6 Å². The van der Waals surface area contributed by atoms with Gasteiger partial charge in [-0.15, -0.1) is 0 Å². The lowest BCUT2D eigenvalue weighted by Crippen LogP contribution is -2.31. The van der Waals surface area contributed by atoms with E-state index in [1.165, 1.54) is 0 Å². The number of nitrogens with one attached hydrogen (secondary N) is 2. The van der Waals surface area contributed by atoms with Gasteiger partial charge in [-0.1, -0.05) is 18.0 Å². The van der Waals surface area contributed by atoms with Gasteiger partial charge in [0.25, 0.3) is 11.8 Å². The molecule has 0 unspecified atom stereocenters. The largest absolute Gasteiger partial charge is 0.349 e. The quantitative estimate of drug-likeness (QED) is 0.579. The van der Waals surface area contributed by atoms with Gasteiger partial charge in [0.2, 0.25) is 0 Å². The maximum Gasteiger partial charge on any atom is 0.275 e. The lowest BCUT2D eigenvalue weighted by atomic mass is 10.2. The minimum Gasteiger partial charge on any atom is -0.349 e. The zero-order valence-corrected chi connectivity index (χ0v) is 15.8. The van der Waals surface area contributed by atoms with Gasteiger partial charge in [-0.05, 0) is 36.0 Å². The molecule has 1 atom stereocenters. The van der Waals surface area contributed by atoms with Gasteiger partial charge in [-0.3, -0.25) is 9.59 Å². The lowest BCUT2D eigenvalue weighted by molar-refractivity contribution is -0.126. The Bertz CT molecular complexity index is 1040. The highest BCUT2D eigenvalue weighted by atomic mass is 19.1. The van der Waals surface area contributed by atoms with Gasteiger partial charge in [0.1, 0.15) is 5.69 Å². The molecule has 0 saturated heterocycles. The van der Waals surface area contributed by atoms with E-state index >= 15 is 0 Å². The maximum absolute atomic E-state index is 13.8. The van der Waals surface area contributed by atoms with Crippen molar-refractivity contribution in [2.75, 3.05) is 0 Å². The zero-order valence-electron chi connectivity index (χ0n) is 15.8. The molecule has 10 nitrogen and oxygen atoms in total. The van der Waals surface area contributed by atoms with Crippen LogP contribution in [0.1, 0.15) is 46.7 Å². The van der Waals surface area contributed by atoms with E-state index in [0.717, 1.165) is 12.8 Å². The number of hydrogen-bond acceptors (Lipinski definition) is 7. The molecule has 2 N–H and O–H groups in total. The van der Waals surface area contributed by atoms with Crippen molar-refractivity contribution >= 4 is 17.5 Å². The summed E-state index contributed by atoms with van der Waals surface area (Å²) in [6, 6.07) is 1.75. The Labute approximate surface area is 164 Å². The van der Waals surface area contributed by atoms with Crippen molar-refractivity contribution in [1.29, 1.82) is 0 Å². The molecule has 0 aromatic carbocycles. The zero-order chi connectivity index (χ0) is 20.4. The predicted molar refractivity (Wildman–Crippen MR) is 97.3 cm³/mol. The van der Waals surface area contributed by atoms with Crippen molar-refractivity contribution in [1.82, 2.24) is 35.5 Å². The number of hydrogen-bond donors (Lipinski definition) is 2. The maximum atomic E-state index is 13.8. The van der Waals surface area contributed by atoms with E-state index in [2.05, 4.69) is 35.7 Å². The number of imidazole rings is 1. The summed E-state index contributed by atoms with van der Waals surface area (Å²) in [4.78, 5) is 28.3. The number of nitrogens with zero attached hydrogens (tertiary/aromatic N) is 5. The van der Waals surface area contributed by atoms with Crippen LogP contribution in [0.15, 0.2) is 23.1 Å². The number of carbonyl (C=O) groups excluding carboxylic acids is 2. The molecular weight excluding hydrogens is 381 g/mol. The summed E-state index contributed by atoms with van der Waals surface area (Å²) in [7, 11) is 0. The molecule has 29 heavy (non-hydrogen) atoms. The van der Waals surface area contributed by atoms with Crippen molar-refractivity contribution in [2.24, 2.45) is 5.92 Å². The number of fused-ring (bicyclic) bond motifs is 1.